The summed E-state index contributed by atoms with van der Waals surface area (Å²) in [5, 5.41) is 24.5. The zero-order chi connectivity index (χ0) is 24.2. The molecule has 0 unspecified atom stereocenters. The van der Waals surface area contributed by atoms with Crippen LogP contribution in [0.1, 0.15) is 31.8 Å². The molecule has 10 heteroatoms. The second-order valence-corrected chi connectivity index (χ2v) is 6.86. The molecule has 3 aromatic rings. The van der Waals surface area contributed by atoms with E-state index in [-0.39, 0.29) is 33.9 Å². The number of hydrogen-bond acceptors (Lipinski definition) is 5. The molecule has 0 amide bonds. The number of alkyl halides is 3. The van der Waals surface area contributed by atoms with Gasteiger partial charge in [0.1, 0.15) is 0 Å². The van der Waals surface area contributed by atoms with Crippen molar-refractivity contribution >= 4 is 40.9 Å². The van der Waals surface area contributed by atoms with Crippen LogP contribution in [0.25, 0.3) is 0 Å². The lowest BCUT2D eigenvalue weighted by Crippen LogP contribution is -2.09. The Morgan fingerprint density at radius 2 is 1.42 bits per heavy atom. The molecule has 33 heavy (non-hydrogen) atoms. The summed E-state index contributed by atoms with van der Waals surface area (Å²) in [5.74, 6) is -2.51. The Balaban J connectivity index is 2.10. The third-order valence-electron chi connectivity index (χ3n) is 4.60. The molecule has 0 aliphatic heterocycles. The number of hydrogen-bond donors (Lipinski definition) is 4. The number of carbonyl (C=O) groups is 2. The molecular formula is C23H18F3N3O4. The van der Waals surface area contributed by atoms with E-state index in [4.69, 9.17) is 0 Å². The van der Waals surface area contributed by atoms with Gasteiger partial charge in [0.25, 0.3) is 0 Å². The number of aliphatic imine (C=N–C) groups is 1. The molecule has 3 aromatic carbocycles. The third-order valence-corrected chi connectivity index (χ3v) is 4.60. The fourth-order valence-electron chi connectivity index (χ4n) is 3.08. The first-order chi connectivity index (χ1) is 15.6. The number of anilines is 4. The van der Waals surface area contributed by atoms with Crippen molar-refractivity contribution < 1.29 is 33.0 Å². The van der Waals surface area contributed by atoms with Crippen molar-refractivity contribution in [1.82, 2.24) is 0 Å². The van der Waals surface area contributed by atoms with Gasteiger partial charge in [-0.2, -0.15) is 13.2 Å². The van der Waals surface area contributed by atoms with Gasteiger partial charge in [-0.1, -0.05) is 18.2 Å². The summed E-state index contributed by atoms with van der Waals surface area (Å²) in [6, 6.07) is 13.0. The second-order valence-electron chi connectivity index (χ2n) is 6.86. The standard InChI is InChI=1S/C23H18F3N3O4/c1-27-12-13-6-8-18(16(10-13)22(32)33)28-19-9-7-14(23(24,25)26)11-20(19)29-17-5-3-2-4-15(17)21(30)31/h2-12,28-29H,1H3,(H,30,31)(H,32,33). The average molecular weight is 457 g/mol. The summed E-state index contributed by atoms with van der Waals surface area (Å²) in [5.41, 5.74) is -0.473. The number of halogens is 3. The molecular weight excluding hydrogens is 439 g/mol. The van der Waals surface area contributed by atoms with Crippen LogP contribution in [-0.4, -0.2) is 35.4 Å². The minimum atomic E-state index is -4.64. The summed E-state index contributed by atoms with van der Waals surface area (Å²) < 4.78 is 40.0. The molecule has 0 aliphatic rings. The number of benzene rings is 3. The van der Waals surface area contributed by atoms with E-state index >= 15 is 0 Å². The van der Waals surface area contributed by atoms with Gasteiger partial charge in [-0.25, -0.2) is 9.59 Å². The highest BCUT2D eigenvalue weighted by Gasteiger charge is 2.31. The molecule has 0 aliphatic carbocycles. The molecule has 7 nitrogen and oxygen atoms in total. The van der Waals surface area contributed by atoms with E-state index in [0.29, 0.717) is 5.56 Å². The third kappa shape index (κ3) is 5.48. The van der Waals surface area contributed by atoms with Gasteiger partial charge in [-0.3, -0.25) is 4.99 Å². The Hall–Kier alpha value is -4.34. The summed E-state index contributed by atoms with van der Waals surface area (Å²) in [4.78, 5) is 27.1. The molecule has 3 rings (SSSR count). The SMILES string of the molecule is CN=Cc1ccc(Nc2ccc(C(F)(F)F)cc2Nc2ccccc2C(=O)O)c(C(=O)O)c1. The topological polar surface area (TPSA) is 111 Å². The number of rotatable bonds is 7. The molecule has 4 N–H and O–H groups in total. The van der Waals surface area contributed by atoms with E-state index in [0.717, 1.165) is 18.2 Å². The monoisotopic (exact) mass is 457 g/mol. The number of nitrogens with zero attached hydrogens (tertiary/aromatic N) is 1. The van der Waals surface area contributed by atoms with Crippen molar-refractivity contribution in [3.05, 3.63) is 82.9 Å². The van der Waals surface area contributed by atoms with Crippen LogP contribution in [0.2, 0.25) is 0 Å². The molecule has 0 atom stereocenters. The van der Waals surface area contributed by atoms with Gasteiger partial charge in [-0.15, -0.1) is 0 Å². The number of carboxylic acids is 2. The Kier molecular flexibility index (Phi) is 6.67. The zero-order valence-corrected chi connectivity index (χ0v) is 17.1. The van der Waals surface area contributed by atoms with Gasteiger partial charge in [-0.05, 0) is 48.0 Å². The summed E-state index contributed by atoms with van der Waals surface area (Å²) >= 11 is 0. The number of aromatic carboxylic acids is 2. The fourth-order valence-corrected chi connectivity index (χ4v) is 3.08. The first-order valence-corrected chi connectivity index (χ1v) is 9.47. The Labute approximate surface area is 186 Å². The molecule has 0 saturated heterocycles. The first kappa shape index (κ1) is 23.3. The summed E-state index contributed by atoms with van der Waals surface area (Å²) in [6.07, 6.45) is -3.18. The molecule has 0 heterocycles. The second kappa shape index (κ2) is 9.43. The van der Waals surface area contributed by atoms with Crippen LogP contribution in [0.5, 0.6) is 0 Å². The van der Waals surface area contributed by atoms with E-state index in [9.17, 15) is 33.0 Å². The number of para-hydroxylation sites is 1. The molecule has 0 spiro atoms. The van der Waals surface area contributed by atoms with Crippen LogP contribution in [0.3, 0.4) is 0 Å². The highest BCUT2D eigenvalue weighted by atomic mass is 19.4. The predicted molar refractivity (Wildman–Crippen MR) is 118 cm³/mol. The minimum Gasteiger partial charge on any atom is -0.478 e. The zero-order valence-electron chi connectivity index (χ0n) is 17.1. The van der Waals surface area contributed by atoms with Gasteiger partial charge in [0, 0.05) is 13.3 Å². The van der Waals surface area contributed by atoms with Crippen LogP contribution >= 0.6 is 0 Å². The minimum absolute atomic E-state index is 0.0698. The molecule has 0 bridgehead atoms. The van der Waals surface area contributed by atoms with Gasteiger partial charge in [0.15, 0.2) is 0 Å². The summed E-state index contributed by atoms with van der Waals surface area (Å²) in [6.45, 7) is 0. The maximum Gasteiger partial charge on any atom is 0.416 e. The Bertz CT molecular complexity index is 1240. The highest BCUT2D eigenvalue weighted by molar-refractivity contribution is 5.99. The van der Waals surface area contributed by atoms with E-state index in [2.05, 4.69) is 15.6 Å². The van der Waals surface area contributed by atoms with Crippen LogP contribution in [0, 0.1) is 0 Å². The van der Waals surface area contributed by atoms with E-state index < -0.39 is 23.7 Å². The largest absolute Gasteiger partial charge is 0.478 e. The molecule has 0 fully saturated rings. The van der Waals surface area contributed by atoms with Crippen LogP contribution in [0.15, 0.2) is 65.7 Å². The predicted octanol–water partition coefficient (Wildman–Crippen LogP) is 5.64. The van der Waals surface area contributed by atoms with Crippen LogP contribution in [0.4, 0.5) is 35.9 Å². The van der Waals surface area contributed by atoms with Crippen molar-refractivity contribution in [3.63, 3.8) is 0 Å². The van der Waals surface area contributed by atoms with Crippen molar-refractivity contribution in [3.8, 4) is 0 Å². The van der Waals surface area contributed by atoms with Gasteiger partial charge in [0.2, 0.25) is 0 Å². The van der Waals surface area contributed by atoms with E-state index in [1.54, 1.807) is 6.07 Å². The lowest BCUT2D eigenvalue weighted by molar-refractivity contribution is -0.137. The van der Waals surface area contributed by atoms with Crippen molar-refractivity contribution in [2.45, 2.75) is 6.18 Å². The van der Waals surface area contributed by atoms with Crippen molar-refractivity contribution in [2.24, 2.45) is 4.99 Å². The van der Waals surface area contributed by atoms with Crippen LogP contribution < -0.4 is 10.6 Å². The maximum atomic E-state index is 13.3. The molecule has 170 valence electrons. The van der Waals surface area contributed by atoms with Crippen molar-refractivity contribution in [2.75, 3.05) is 17.7 Å². The smallest absolute Gasteiger partial charge is 0.416 e. The Morgan fingerprint density at radius 3 is 2.06 bits per heavy atom. The quantitative estimate of drug-likeness (QED) is 0.342. The molecule has 0 aromatic heterocycles. The van der Waals surface area contributed by atoms with Crippen molar-refractivity contribution in [1.29, 1.82) is 0 Å². The molecule has 0 saturated carbocycles. The number of carboxylic acid groups (broad SMARTS) is 2. The van der Waals surface area contributed by atoms with E-state index in [1.807, 2.05) is 0 Å². The normalized spacial score (nSPS) is 11.4. The molecule has 0 radical (unpaired) electrons. The van der Waals surface area contributed by atoms with Gasteiger partial charge < -0.3 is 20.8 Å². The number of nitrogens with one attached hydrogen (secondary N) is 2. The fraction of sp³-hybridized carbons (Fsp3) is 0.0870. The summed E-state index contributed by atoms with van der Waals surface area (Å²) in [7, 11) is 1.53. The van der Waals surface area contributed by atoms with Gasteiger partial charge >= 0.3 is 18.1 Å². The lowest BCUT2D eigenvalue weighted by atomic mass is 10.1. The van der Waals surface area contributed by atoms with E-state index in [1.165, 1.54) is 49.7 Å². The highest BCUT2D eigenvalue weighted by Crippen LogP contribution is 2.37. The van der Waals surface area contributed by atoms with Crippen LogP contribution in [-0.2, 0) is 6.18 Å². The maximum absolute atomic E-state index is 13.3. The Morgan fingerprint density at radius 1 is 0.818 bits per heavy atom. The lowest BCUT2D eigenvalue weighted by Gasteiger charge is -2.18. The average Bonchev–Trinajstić information content (AvgIpc) is 2.75. The van der Waals surface area contributed by atoms with Gasteiger partial charge in [0.05, 0.1) is 39.4 Å². The first-order valence-electron chi connectivity index (χ1n) is 9.47.